The van der Waals surface area contributed by atoms with E-state index in [1.54, 1.807) is 13.0 Å². The number of carbonyl (C=O) groups is 1. The number of amides is 2. The van der Waals surface area contributed by atoms with E-state index in [2.05, 4.69) is 20.3 Å². The van der Waals surface area contributed by atoms with Crippen molar-refractivity contribution >= 4 is 51.6 Å². The molecule has 0 aliphatic rings. The molecule has 0 fully saturated rings. The van der Waals surface area contributed by atoms with Crippen LogP contribution in [0.4, 0.5) is 15.1 Å². The predicted molar refractivity (Wildman–Crippen MR) is 100 cm³/mol. The van der Waals surface area contributed by atoms with Crippen LogP contribution in [0.3, 0.4) is 0 Å². The first kappa shape index (κ1) is 24.0. The van der Waals surface area contributed by atoms with Crippen LogP contribution in [0.25, 0.3) is 0 Å². The van der Waals surface area contributed by atoms with Crippen molar-refractivity contribution in [3.05, 3.63) is 29.6 Å². The molecule has 0 aliphatic heterocycles. The number of urea groups is 1. The van der Waals surface area contributed by atoms with Gasteiger partial charge >= 0.3 is 41.6 Å². The third-order valence-corrected chi connectivity index (χ3v) is 4.66. The molecule has 148 valence electrons. The summed E-state index contributed by atoms with van der Waals surface area (Å²) in [5.74, 6) is 0.0113. The van der Waals surface area contributed by atoms with Crippen molar-refractivity contribution in [2.45, 2.75) is 18.7 Å². The Balaban J connectivity index is 0.00000392. The van der Waals surface area contributed by atoms with E-state index in [9.17, 15) is 17.6 Å². The van der Waals surface area contributed by atoms with Crippen LogP contribution < -0.4 is 19.5 Å². The Morgan fingerprint density at radius 2 is 1.93 bits per heavy atom. The van der Waals surface area contributed by atoms with Crippen LogP contribution in [0.5, 0.6) is 11.8 Å². The molecule has 2 amide bonds. The second-order valence-corrected chi connectivity index (χ2v) is 6.81. The number of ether oxygens (including phenoxy) is 2. The van der Waals surface area contributed by atoms with Gasteiger partial charge in [-0.2, -0.15) is 15.0 Å². The molecule has 1 aromatic heterocycles. The third kappa shape index (κ3) is 6.26. The maximum absolute atomic E-state index is 12.6. The van der Waals surface area contributed by atoms with Gasteiger partial charge in [0, 0.05) is 0 Å². The summed E-state index contributed by atoms with van der Waals surface area (Å²) in [6.45, 7) is 1.96. The summed E-state index contributed by atoms with van der Waals surface area (Å²) in [7, 11) is -2.98. The Labute approximate surface area is 183 Å². The quantitative estimate of drug-likeness (QED) is 0.622. The van der Waals surface area contributed by atoms with Gasteiger partial charge in [0.15, 0.2) is 0 Å². The molecule has 0 unspecified atom stereocenters. The van der Waals surface area contributed by atoms with Crippen LogP contribution in [-0.4, -0.2) is 79.3 Å². The fourth-order valence-electron chi connectivity index (χ4n) is 2.14. The molecular weight excluding hydrogens is 404 g/mol. The number of aryl methyl sites for hydroxylation is 2. The summed E-state index contributed by atoms with van der Waals surface area (Å²) >= 11 is 0. The Morgan fingerprint density at radius 1 is 1.21 bits per heavy atom. The summed E-state index contributed by atoms with van der Waals surface area (Å²) in [5.41, 5.74) is 0.323. The minimum atomic E-state index is -4.31. The zero-order valence-corrected chi connectivity index (χ0v) is 15.6. The van der Waals surface area contributed by atoms with E-state index in [1.807, 2.05) is 4.72 Å². The average Bonchev–Trinajstić information content (AvgIpc) is 2.58. The zero-order valence-electron chi connectivity index (χ0n) is 14.8. The van der Waals surface area contributed by atoms with Crippen LogP contribution in [0.2, 0.25) is 0 Å². The Bertz CT molecular complexity index is 944. The molecule has 28 heavy (non-hydrogen) atoms. The van der Waals surface area contributed by atoms with Crippen molar-refractivity contribution in [3.8, 4) is 11.8 Å². The van der Waals surface area contributed by atoms with Crippen molar-refractivity contribution in [1.29, 1.82) is 0 Å². The fourth-order valence-corrected chi connectivity index (χ4v) is 3.42. The molecule has 2 aromatic rings. The number of alkyl halides is 1. The van der Waals surface area contributed by atoms with E-state index in [0.717, 1.165) is 0 Å². The van der Waals surface area contributed by atoms with Crippen LogP contribution in [-0.2, 0) is 10.0 Å². The van der Waals surface area contributed by atoms with Crippen LogP contribution in [0.1, 0.15) is 11.4 Å². The van der Waals surface area contributed by atoms with Gasteiger partial charge in [0.05, 0.1) is 7.11 Å². The molecule has 0 saturated heterocycles. The molecule has 0 spiro atoms. The zero-order chi connectivity index (χ0) is 20.0. The van der Waals surface area contributed by atoms with Crippen molar-refractivity contribution in [3.63, 3.8) is 0 Å². The molecule has 1 heterocycles. The number of hydrogen-bond donors (Lipinski definition) is 2. The molecule has 2 N–H and O–H groups in total. The van der Waals surface area contributed by atoms with E-state index >= 15 is 0 Å². The van der Waals surface area contributed by atoms with Crippen molar-refractivity contribution in [1.82, 2.24) is 19.7 Å². The molecule has 0 atom stereocenters. The van der Waals surface area contributed by atoms with Crippen molar-refractivity contribution < 1.29 is 27.1 Å². The molecule has 0 aliphatic carbocycles. The second kappa shape index (κ2) is 10.5. The number of aromatic nitrogens is 3. The molecule has 10 nitrogen and oxygen atoms in total. The number of rotatable bonds is 7. The van der Waals surface area contributed by atoms with Crippen LogP contribution in [0.15, 0.2) is 23.1 Å². The van der Waals surface area contributed by atoms with Gasteiger partial charge in [0.2, 0.25) is 5.95 Å². The van der Waals surface area contributed by atoms with Gasteiger partial charge in [-0.3, -0.25) is 5.32 Å². The summed E-state index contributed by atoms with van der Waals surface area (Å²) in [6, 6.07) is 3.32. The van der Waals surface area contributed by atoms with Crippen LogP contribution in [0, 0.1) is 13.8 Å². The van der Waals surface area contributed by atoms with Crippen LogP contribution >= 0.6 is 0 Å². The van der Waals surface area contributed by atoms with Crippen molar-refractivity contribution in [2.24, 2.45) is 0 Å². The van der Waals surface area contributed by atoms with Crippen molar-refractivity contribution in [2.75, 3.05) is 25.7 Å². The summed E-state index contributed by atoms with van der Waals surface area (Å²) < 4.78 is 49.4. The first-order chi connectivity index (χ1) is 12.8. The van der Waals surface area contributed by atoms with Gasteiger partial charge < -0.3 is 9.47 Å². The van der Waals surface area contributed by atoms with E-state index in [1.165, 1.54) is 26.2 Å². The van der Waals surface area contributed by atoms with Gasteiger partial charge in [0.25, 0.3) is 10.0 Å². The SMILES string of the molecule is COc1nc(C)nc(NC(=O)NS(=O)(=O)c2c(C)cccc2OCCF)n1.[NaH]. The Kier molecular flexibility index (Phi) is 9.01. The minimum absolute atomic E-state index is 0. The predicted octanol–water partition coefficient (Wildman–Crippen LogP) is 0.707. The molecular formula is C15H19FN5NaO5S. The standard InChI is InChI=1S/C15H18FN5O5S.Na.H/c1-9-5-4-6-11(26-8-7-16)12(9)27(23,24)21-14(22)19-13-17-10(2)18-15(20-13)25-3;;/h4-6H,7-8H2,1-3H3,(H2,17,18,19,20,21,22);;. The number of methoxy groups -OCH3 is 1. The molecule has 2 rings (SSSR count). The first-order valence-corrected chi connectivity index (χ1v) is 9.14. The van der Waals surface area contributed by atoms with E-state index in [4.69, 9.17) is 9.47 Å². The number of hydrogen-bond acceptors (Lipinski definition) is 8. The normalized spacial score (nSPS) is 10.6. The number of nitrogens with zero attached hydrogens (tertiary/aromatic N) is 3. The molecule has 0 saturated carbocycles. The number of carbonyl (C=O) groups excluding carboxylic acids is 1. The maximum atomic E-state index is 12.6. The summed E-state index contributed by atoms with van der Waals surface area (Å²) in [6.07, 6.45) is 0. The van der Waals surface area contributed by atoms with Gasteiger partial charge in [-0.05, 0) is 25.5 Å². The van der Waals surface area contributed by atoms with E-state index in [0.29, 0.717) is 5.56 Å². The topological polar surface area (TPSA) is 132 Å². The monoisotopic (exact) mass is 423 g/mol. The summed E-state index contributed by atoms with van der Waals surface area (Å²) in [4.78, 5) is 23.3. The number of nitrogens with one attached hydrogen (secondary N) is 2. The Hall–Kier alpha value is -2.02. The van der Waals surface area contributed by atoms with Gasteiger partial charge in [-0.25, -0.2) is 22.3 Å². The molecule has 0 bridgehead atoms. The average molecular weight is 423 g/mol. The number of anilines is 1. The first-order valence-electron chi connectivity index (χ1n) is 7.65. The third-order valence-electron chi connectivity index (χ3n) is 3.14. The molecule has 0 radical (unpaired) electrons. The second-order valence-electron chi connectivity index (χ2n) is 5.19. The van der Waals surface area contributed by atoms with Gasteiger partial charge in [0.1, 0.15) is 29.8 Å². The van der Waals surface area contributed by atoms with Gasteiger partial charge in [-0.1, -0.05) is 12.1 Å². The summed E-state index contributed by atoms with van der Waals surface area (Å²) in [5, 5.41) is 2.19. The van der Waals surface area contributed by atoms with Gasteiger partial charge in [-0.15, -0.1) is 0 Å². The van der Waals surface area contributed by atoms with E-state index < -0.39 is 22.7 Å². The molecule has 13 heteroatoms. The van der Waals surface area contributed by atoms with E-state index in [-0.39, 0.29) is 64.6 Å². The number of halogens is 1. The number of benzene rings is 1. The molecule has 1 aromatic carbocycles. The Morgan fingerprint density at radius 3 is 2.57 bits per heavy atom. The fraction of sp³-hybridized carbons (Fsp3) is 0.333. The number of sulfonamides is 1.